The quantitative estimate of drug-likeness (QED) is 0.874. The molecule has 1 aromatic rings. The van der Waals surface area contributed by atoms with Crippen molar-refractivity contribution in [3.8, 4) is 0 Å². The number of hydrogen-bond acceptors (Lipinski definition) is 3. The first-order chi connectivity index (χ1) is 7.99. The first kappa shape index (κ1) is 12.6. The zero-order valence-electron chi connectivity index (χ0n) is 10.3. The second kappa shape index (κ2) is 4.78. The van der Waals surface area contributed by atoms with Crippen LogP contribution in [0.1, 0.15) is 25.8 Å². The van der Waals surface area contributed by atoms with Crippen LogP contribution in [-0.2, 0) is 11.2 Å². The Kier molecular flexibility index (Phi) is 3.54. The number of aliphatic hydroxyl groups excluding tert-OH is 1. The molecule has 0 aliphatic carbocycles. The molecule has 1 fully saturated rings. The number of hydrogen-bond donors (Lipinski definition) is 1. The van der Waals surface area contributed by atoms with E-state index in [-0.39, 0.29) is 17.4 Å². The van der Waals surface area contributed by atoms with Crippen molar-refractivity contribution < 1.29 is 9.90 Å². The lowest BCUT2D eigenvalue weighted by Crippen LogP contribution is -2.51. The standard InChI is InChI=1S/C13H19NO2S/c1-13(2)9-14(5-3-11(13)15)12(16)7-10-4-6-17-8-10/h4,6,8,11,15H,3,5,7,9H2,1-2H3. The third-order valence-electron chi connectivity index (χ3n) is 3.46. The molecule has 1 atom stereocenters. The van der Waals surface area contributed by atoms with E-state index in [9.17, 15) is 9.90 Å². The molecule has 1 unspecified atom stereocenters. The Morgan fingerprint density at radius 3 is 3.00 bits per heavy atom. The molecule has 2 rings (SSSR count). The van der Waals surface area contributed by atoms with E-state index in [0.717, 1.165) is 5.56 Å². The Labute approximate surface area is 106 Å². The molecule has 1 amide bonds. The van der Waals surface area contributed by atoms with Crippen molar-refractivity contribution in [2.24, 2.45) is 5.41 Å². The van der Waals surface area contributed by atoms with Gasteiger partial charge in [0, 0.05) is 18.5 Å². The summed E-state index contributed by atoms with van der Waals surface area (Å²) in [6.45, 7) is 5.36. The second-order valence-electron chi connectivity index (χ2n) is 5.42. The van der Waals surface area contributed by atoms with E-state index in [0.29, 0.717) is 25.9 Å². The fourth-order valence-corrected chi connectivity index (χ4v) is 2.91. The van der Waals surface area contributed by atoms with Gasteiger partial charge in [0.1, 0.15) is 0 Å². The molecule has 3 nitrogen and oxygen atoms in total. The van der Waals surface area contributed by atoms with Crippen molar-refractivity contribution in [3.05, 3.63) is 22.4 Å². The van der Waals surface area contributed by atoms with Crippen LogP contribution in [-0.4, -0.2) is 35.1 Å². The highest BCUT2D eigenvalue weighted by Crippen LogP contribution is 2.29. The van der Waals surface area contributed by atoms with Gasteiger partial charge in [-0.1, -0.05) is 13.8 Å². The van der Waals surface area contributed by atoms with Crippen molar-refractivity contribution in [1.29, 1.82) is 0 Å². The molecule has 1 aliphatic rings. The summed E-state index contributed by atoms with van der Waals surface area (Å²) in [7, 11) is 0. The lowest BCUT2D eigenvalue weighted by molar-refractivity contribution is -0.137. The van der Waals surface area contributed by atoms with Crippen LogP contribution < -0.4 is 0 Å². The van der Waals surface area contributed by atoms with Gasteiger partial charge in [0.05, 0.1) is 12.5 Å². The van der Waals surface area contributed by atoms with Crippen molar-refractivity contribution in [2.75, 3.05) is 13.1 Å². The summed E-state index contributed by atoms with van der Waals surface area (Å²) in [5, 5.41) is 13.9. The number of aliphatic hydroxyl groups is 1. The Morgan fingerprint density at radius 2 is 2.41 bits per heavy atom. The van der Waals surface area contributed by atoms with Crippen molar-refractivity contribution >= 4 is 17.2 Å². The number of likely N-dealkylation sites (tertiary alicyclic amines) is 1. The van der Waals surface area contributed by atoms with E-state index in [2.05, 4.69) is 0 Å². The molecule has 0 bridgehead atoms. The van der Waals surface area contributed by atoms with Crippen molar-refractivity contribution in [3.63, 3.8) is 0 Å². The highest BCUT2D eigenvalue weighted by atomic mass is 32.1. The minimum atomic E-state index is -0.298. The fourth-order valence-electron chi connectivity index (χ4n) is 2.24. The lowest BCUT2D eigenvalue weighted by Gasteiger charge is -2.41. The summed E-state index contributed by atoms with van der Waals surface area (Å²) in [5.74, 6) is 0.170. The molecule has 1 aliphatic heterocycles. The maximum atomic E-state index is 12.1. The van der Waals surface area contributed by atoms with Gasteiger partial charge in [-0.05, 0) is 28.8 Å². The number of nitrogens with zero attached hydrogens (tertiary/aromatic N) is 1. The molecule has 0 radical (unpaired) electrons. The van der Waals surface area contributed by atoms with Crippen LogP contribution in [0.5, 0.6) is 0 Å². The third kappa shape index (κ3) is 2.87. The summed E-state index contributed by atoms with van der Waals surface area (Å²) in [4.78, 5) is 14.0. The van der Waals surface area contributed by atoms with E-state index in [4.69, 9.17) is 0 Å². The van der Waals surface area contributed by atoms with Gasteiger partial charge in [-0.25, -0.2) is 0 Å². The number of thiophene rings is 1. The average Bonchev–Trinajstić information content (AvgIpc) is 2.74. The van der Waals surface area contributed by atoms with Gasteiger partial charge in [0.2, 0.25) is 5.91 Å². The zero-order chi connectivity index (χ0) is 12.5. The number of piperidine rings is 1. The lowest BCUT2D eigenvalue weighted by atomic mass is 9.81. The van der Waals surface area contributed by atoms with Crippen molar-refractivity contribution in [1.82, 2.24) is 4.90 Å². The van der Waals surface area contributed by atoms with Crippen LogP contribution in [0.25, 0.3) is 0 Å². The van der Waals surface area contributed by atoms with Crippen LogP contribution in [0.2, 0.25) is 0 Å². The Balaban J connectivity index is 1.97. The van der Waals surface area contributed by atoms with E-state index in [1.165, 1.54) is 0 Å². The van der Waals surface area contributed by atoms with Crippen LogP contribution in [0.15, 0.2) is 16.8 Å². The summed E-state index contributed by atoms with van der Waals surface area (Å²) in [6, 6.07) is 1.99. The second-order valence-corrected chi connectivity index (χ2v) is 6.20. The van der Waals surface area contributed by atoms with Crippen LogP contribution >= 0.6 is 11.3 Å². The summed E-state index contributed by atoms with van der Waals surface area (Å²) in [6.07, 6.45) is 0.866. The molecule has 0 saturated carbocycles. The smallest absolute Gasteiger partial charge is 0.227 e. The number of rotatable bonds is 2. The van der Waals surface area contributed by atoms with Gasteiger partial charge in [-0.3, -0.25) is 4.79 Å². The minimum Gasteiger partial charge on any atom is -0.392 e. The predicted molar refractivity (Wildman–Crippen MR) is 69.0 cm³/mol. The third-order valence-corrected chi connectivity index (χ3v) is 4.19. The van der Waals surface area contributed by atoms with E-state index in [1.54, 1.807) is 11.3 Å². The van der Waals surface area contributed by atoms with E-state index in [1.807, 2.05) is 35.6 Å². The Hall–Kier alpha value is -0.870. The van der Waals surface area contributed by atoms with Crippen LogP contribution in [0.3, 0.4) is 0 Å². The van der Waals surface area contributed by atoms with Crippen LogP contribution in [0, 0.1) is 5.41 Å². The van der Waals surface area contributed by atoms with Crippen molar-refractivity contribution in [2.45, 2.75) is 32.8 Å². The molecule has 94 valence electrons. The normalized spacial score (nSPS) is 23.7. The molecular weight excluding hydrogens is 234 g/mol. The Bertz CT molecular complexity index is 386. The SMILES string of the molecule is CC1(C)CN(C(=O)Cc2ccsc2)CCC1O. The molecule has 1 aromatic heterocycles. The van der Waals surface area contributed by atoms with Crippen LogP contribution in [0.4, 0.5) is 0 Å². The summed E-state index contributed by atoms with van der Waals surface area (Å²) in [5.41, 5.74) is 0.895. The maximum Gasteiger partial charge on any atom is 0.227 e. The summed E-state index contributed by atoms with van der Waals surface area (Å²) >= 11 is 1.62. The number of amides is 1. The van der Waals surface area contributed by atoms with Gasteiger partial charge in [-0.2, -0.15) is 11.3 Å². The fraction of sp³-hybridized carbons (Fsp3) is 0.615. The average molecular weight is 253 g/mol. The molecule has 17 heavy (non-hydrogen) atoms. The Morgan fingerprint density at radius 1 is 1.65 bits per heavy atom. The van der Waals surface area contributed by atoms with Gasteiger partial charge in [0.25, 0.3) is 0 Å². The molecule has 0 aromatic carbocycles. The van der Waals surface area contributed by atoms with E-state index >= 15 is 0 Å². The molecule has 1 saturated heterocycles. The van der Waals surface area contributed by atoms with Gasteiger partial charge < -0.3 is 10.0 Å². The first-order valence-corrected chi connectivity index (χ1v) is 6.90. The zero-order valence-corrected chi connectivity index (χ0v) is 11.2. The highest BCUT2D eigenvalue weighted by molar-refractivity contribution is 7.07. The monoisotopic (exact) mass is 253 g/mol. The molecule has 2 heterocycles. The predicted octanol–water partition coefficient (Wildman–Crippen LogP) is 1.91. The molecular formula is C13H19NO2S. The maximum absolute atomic E-state index is 12.1. The number of carbonyl (C=O) groups excluding carboxylic acids is 1. The molecule has 4 heteroatoms. The van der Waals surface area contributed by atoms with Gasteiger partial charge >= 0.3 is 0 Å². The number of carbonyl (C=O) groups is 1. The summed E-state index contributed by atoms with van der Waals surface area (Å²) < 4.78 is 0. The van der Waals surface area contributed by atoms with Gasteiger partial charge in [-0.15, -0.1) is 0 Å². The topological polar surface area (TPSA) is 40.5 Å². The molecule has 1 N–H and O–H groups in total. The molecule has 0 spiro atoms. The largest absolute Gasteiger partial charge is 0.392 e. The highest BCUT2D eigenvalue weighted by Gasteiger charge is 2.36. The van der Waals surface area contributed by atoms with E-state index < -0.39 is 0 Å². The minimum absolute atomic E-state index is 0.170. The van der Waals surface area contributed by atoms with Gasteiger partial charge in [0.15, 0.2) is 0 Å². The first-order valence-electron chi connectivity index (χ1n) is 5.96.